The first kappa shape index (κ1) is 20.7. The maximum atomic E-state index is 14.0. The van der Waals surface area contributed by atoms with Crippen molar-refractivity contribution in [2.75, 3.05) is 38.1 Å². The molecule has 3 rings (SSSR count). The lowest BCUT2D eigenvalue weighted by atomic mass is 10.0. The zero-order valence-corrected chi connectivity index (χ0v) is 17.9. The van der Waals surface area contributed by atoms with Crippen LogP contribution in [-0.4, -0.2) is 49.0 Å². The lowest BCUT2D eigenvalue weighted by molar-refractivity contribution is -0.121. The summed E-state index contributed by atoms with van der Waals surface area (Å²) in [6.45, 7) is 9.83. The second-order valence-electron chi connectivity index (χ2n) is 7.79. The van der Waals surface area contributed by atoms with Crippen molar-refractivity contribution >= 4 is 22.9 Å². The Bertz CT molecular complexity index is 814. The minimum absolute atomic E-state index is 0.0957. The first-order valence-electron chi connectivity index (χ1n) is 9.80. The molecule has 5 nitrogen and oxygen atoms in total. The normalized spacial score (nSPS) is 16.4. The Morgan fingerprint density at radius 1 is 1.25 bits per heavy atom. The Balaban J connectivity index is 1.69. The number of halogens is 1. The summed E-state index contributed by atoms with van der Waals surface area (Å²) in [5.41, 5.74) is 2.61. The molecule has 1 aromatic heterocycles. The molecule has 0 bridgehead atoms. The van der Waals surface area contributed by atoms with Gasteiger partial charge in [0.15, 0.2) is 0 Å². The highest BCUT2D eigenvalue weighted by Gasteiger charge is 2.21. The number of rotatable bonds is 6. The molecule has 7 heteroatoms. The Kier molecular flexibility index (Phi) is 6.67. The first-order chi connectivity index (χ1) is 13.3. The average Bonchev–Trinajstić information content (AvgIpc) is 3.11. The molecule has 1 aliphatic heterocycles. The van der Waals surface area contributed by atoms with E-state index in [0.29, 0.717) is 5.92 Å². The topological polar surface area (TPSA) is 48.5 Å². The maximum Gasteiger partial charge on any atom is 0.226 e. The van der Waals surface area contributed by atoms with Gasteiger partial charge in [-0.1, -0.05) is 13.8 Å². The quantitative estimate of drug-likeness (QED) is 0.800. The number of benzene rings is 1. The molecule has 2 heterocycles. The number of carbonyl (C=O) groups excluding carboxylic acids is 1. The van der Waals surface area contributed by atoms with Crippen LogP contribution in [0, 0.1) is 5.82 Å². The number of thiazole rings is 1. The Morgan fingerprint density at radius 2 is 1.96 bits per heavy atom. The molecule has 1 fully saturated rings. The van der Waals surface area contributed by atoms with Crippen molar-refractivity contribution in [3.05, 3.63) is 45.7 Å². The van der Waals surface area contributed by atoms with Gasteiger partial charge in [0, 0.05) is 48.7 Å². The molecule has 1 saturated heterocycles. The van der Waals surface area contributed by atoms with Crippen molar-refractivity contribution in [2.45, 2.75) is 39.2 Å². The summed E-state index contributed by atoms with van der Waals surface area (Å²) in [6.07, 6.45) is 0.243. The number of likely N-dealkylation sites (N-methyl/N-ethyl adjacent to an activating group) is 1. The smallest absolute Gasteiger partial charge is 0.226 e. The summed E-state index contributed by atoms with van der Waals surface area (Å²) in [5.74, 6) is -0.0177. The largest absolute Gasteiger partial charge is 0.369 e. The highest BCUT2D eigenvalue weighted by atomic mass is 32.1. The summed E-state index contributed by atoms with van der Waals surface area (Å²) >= 11 is 1.59. The number of anilines is 1. The van der Waals surface area contributed by atoms with Gasteiger partial charge < -0.3 is 15.1 Å². The van der Waals surface area contributed by atoms with Gasteiger partial charge in [0.2, 0.25) is 5.91 Å². The Hall–Kier alpha value is -1.99. The van der Waals surface area contributed by atoms with Gasteiger partial charge in [0.25, 0.3) is 0 Å². The van der Waals surface area contributed by atoms with Crippen molar-refractivity contribution < 1.29 is 9.18 Å². The van der Waals surface area contributed by atoms with Crippen molar-refractivity contribution in [3.8, 4) is 0 Å². The number of carbonyl (C=O) groups is 1. The third-order valence-corrected chi connectivity index (χ3v) is 6.28. The molecule has 1 aliphatic rings. The summed E-state index contributed by atoms with van der Waals surface area (Å²) < 4.78 is 14.0. The van der Waals surface area contributed by atoms with Crippen LogP contribution in [0.25, 0.3) is 0 Å². The molecule has 1 unspecified atom stereocenters. The van der Waals surface area contributed by atoms with E-state index < -0.39 is 0 Å². The number of hydrogen-bond acceptors (Lipinski definition) is 5. The third kappa shape index (κ3) is 5.08. The first-order valence-corrected chi connectivity index (χ1v) is 10.7. The molecule has 0 aliphatic carbocycles. The lowest BCUT2D eigenvalue weighted by Crippen LogP contribution is -2.45. The van der Waals surface area contributed by atoms with E-state index in [0.717, 1.165) is 48.1 Å². The minimum Gasteiger partial charge on any atom is -0.369 e. The van der Waals surface area contributed by atoms with Gasteiger partial charge in [0.05, 0.1) is 23.2 Å². The molecule has 1 atom stereocenters. The molecule has 28 heavy (non-hydrogen) atoms. The number of piperazine rings is 1. The van der Waals surface area contributed by atoms with Crippen LogP contribution < -0.4 is 10.2 Å². The van der Waals surface area contributed by atoms with E-state index in [9.17, 15) is 9.18 Å². The molecule has 2 aromatic rings. The van der Waals surface area contributed by atoms with Crippen LogP contribution in [0.3, 0.4) is 0 Å². The number of nitrogens with zero attached hydrogens (tertiary/aromatic N) is 3. The van der Waals surface area contributed by atoms with Gasteiger partial charge in [-0.15, -0.1) is 11.3 Å². The predicted octanol–water partition coefficient (Wildman–Crippen LogP) is 3.58. The second-order valence-corrected chi connectivity index (χ2v) is 8.68. The van der Waals surface area contributed by atoms with Crippen molar-refractivity contribution in [2.24, 2.45) is 0 Å². The second kappa shape index (κ2) is 9.01. The van der Waals surface area contributed by atoms with Crippen LogP contribution in [0.15, 0.2) is 23.6 Å². The molecule has 1 amide bonds. The van der Waals surface area contributed by atoms with Crippen LogP contribution in [0.1, 0.15) is 49.0 Å². The van der Waals surface area contributed by atoms with Crippen molar-refractivity contribution in [1.29, 1.82) is 0 Å². The summed E-state index contributed by atoms with van der Waals surface area (Å²) in [6, 6.07) is 4.59. The maximum absolute atomic E-state index is 14.0. The van der Waals surface area contributed by atoms with Crippen LogP contribution in [0.2, 0.25) is 0 Å². The van der Waals surface area contributed by atoms with Gasteiger partial charge in [-0.25, -0.2) is 9.37 Å². The lowest BCUT2D eigenvalue weighted by Gasteiger charge is -2.36. The SMILES string of the molecule is CC(C)c1nc(CC(=O)NC(C)c2cc(F)ccc2N2CCN(C)CC2)cs1. The van der Waals surface area contributed by atoms with Crippen molar-refractivity contribution in [3.63, 3.8) is 0 Å². The molecule has 0 saturated carbocycles. The highest BCUT2D eigenvalue weighted by Crippen LogP contribution is 2.28. The van der Waals surface area contributed by atoms with Gasteiger partial charge in [-0.3, -0.25) is 4.79 Å². The third-order valence-electron chi connectivity index (χ3n) is 5.08. The van der Waals surface area contributed by atoms with Crippen LogP contribution in [0.4, 0.5) is 10.1 Å². The van der Waals surface area contributed by atoms with E-state index in [1.165, 1.54) is 12.1 Å². The fraction of sp³-hybridized carbons (Fsp3) is 0.524. The van der Waals surface area contributed by atoms with Crippen LogP contribution >= 0.6 is 11.3 Å². The fourth-order valence-corrected chi connectivity index (χ4v) is 4.25. The molecule has 0 radical (unpaired) electrons. The Labute approximate surface area is 170 Å². The molecule has 1 N–H and O–H groups in total. The van der Waals surface area contributed by atoms with E-state index in [4.69, 9.17) is 0 Å². The molecule has 0 spiro atoms. The minimum atomic E-state index is -0.282. The van der Waals surface area contributed by atoms with Crippen LogP contribution in [-0.2, 0) is 11.2 Å². The van der Waals surface area contributed by atoms with Gasteiger partial charge >= 0.3 is 0 Å². The fourth-order valence-electron chi connectivity index (χ4n) is 3.41. The van der Waals surface area contributed by atoms with Gasteiger partial charge in [-0.05, 0) is 32.2 Å². The predicted molar refractivity (Wildman–Crippen MR) is 113 cm³/mol. The summed E-state index contributed by atoms with van der Waals surface area (Å²) in [7, 11) is 2.11. The van der Waals surface area contributed by atoms with E-state index in [2.05, 4.69) is 41.0 Å². The number of aromatic nitrogens is 1. The Morgan fingerprint density at radius 3 is 2.61 bits per heavy atom. The average molecular weight is 405 g/mol. The number of nitrogens with one attached hydrogen (secondary N) is 1. The summed E-state index contributed by atoms with van der Waals surface area (Å²) in [4.78, 5) is 21.6. The number of hydrogen-bond donors (Lipinski definition) is 1. The van der Waals surface area contributed by atoms with Crippen molar-refractivity contribution in [1.82, 2.24) is 15.2 Å². The van der Waals surface area contributed by atoms with E-state index in [-0.39, 0.29) is 24.2 Å². The zero-order chi connectivity index (χ0) is 20.3. The van der Waals surface area contributed by atoms with Crippen LogP contribution in [0.5, 0.6) is 0 Å². The van der Waals surface area contributed by atoms with E-state index in [1.807, 2.05) is 18.4 Å². The standard InChI is InChI=1S/C21H29FN4OS/c1-14(2)21-24-17(13-28-21)12-20(27)23-15(3)18-11-16(22)5-6-19(18)26-9-7-25(4)8-10-26/h5-6,11,13-15H,7-10,12H2,1-4H3,(H,23,27). The molecular formula is C21H29FN4OS. The molecule has 152 valence electrons. The zero-order valence-electron chi connectivity index (χ0n) is 17.0. The van der Waals surface area contributed by atoms with E-state index in [1.54, 1.807) is 11.3 Å². The molecular weight excluding hydrogens is 375 g/mol. The highest BCUT2D eigenvalue weighted by molar-refractivity contribution is 7.09. The van der Waals surface area contributed by atoms with Gasteiger partial charge in [-0.2, -0.15) is 0 Å². The monoisotopic (exact) mass is 404 g/mol. The summed E-state index contributed by atoms with van der Waals surface area (Å²) in [5, 5.41) is 6.00. The number of amides is 1. The van der Waals surface area contributed by atoms with Gasteiger partial charge in [0.1, 0.15) is 5.82 Å². The van der Waals surface area contributed by atoms with E-state index >= 15 is 0 Å². The molecule has 1 aromatic carbocycles.